The summed E-state index contributed by atoms with van der Waals surface area (Å²) >= 11 is 0. The maximum atomic E-state index is 5.10. The molecule has 1 heterocycles. The Morgan fingerprint density at radius 2 is 2.33 bits per heavy atom. The van der Waals surface area contributed by atoms with Gasteiger partial charge in [-0.25, -0.2) is 0 Å². The lowest BCUT2D eigenvalue weighted by Gasteiger charge is -2.04. The van der Waals surface area contributed by atoms with Crippen molar-refractivity contribution in [1.82, 2.24) is 0 Å². The van der Waals surface area contributed by atoms with E-state index in [1.165, 1.54) is 19.3 Å². The van der Waals surface area contributed by atoms with Crippen LogP contribution >= 0.6 is 0 Å². The fourth-order valence-electron chi connectivity index (χ4n) is 0.909. The van der Waals surface area contributed by atoms with Crippen LogP contribution in [0.5, 0.6) is 0 Å². The molecule has 0 saturated carbocycles. The van der Waals surface area contributed by atoms with Crippen molar-refractivity contribution in [1.29, 1.82) is 0 Å². The smallest absolute Gasteiger partial charge is 0.0810 e. The van der Waals surface area contributed by atoms with Gasteiger partial charge >= 0.3 is 0 Å². The van der Waals surface area contributed by atoms with Gasteiger partial charge in [-0.05, 0) is 18.8 Å². The van der Waals surface area contributed by atoms with E-state index in [-0.39, 0.29) is 0 Å². The topological polar surface area (TPSA) is 12.5 Å². The molecule has 0 N–H and O–H groups in total. The van der Waals surface area contributed by atoms with E-state index in [1.807, 2.05) is 0 Å². The Hall–Kier alpha value is -0.0400. The van der Waals surface area contributed by atoms with Crippen LogP contribution < -0.4 is 0 Å². The van der Waals surface area contributed by atoms with Crippen LogP contribution in [0.15, 0.2) is 0 Å². The molecule has 1 rings (SSSR count). The van der Waals surface area contributed by atoms with Crippen molar-refractivity contribution in [3.8, 4) is 0 Å². The Labute approximate surface area is 57.4 Å². The van der Waals surface area contributed by atoms with Crippen molar-refractivity contribution in [2.45, 2.75) is 39.2 Å². The molecule has 0 aromatic carbocycles. The van der Waals surface area contributed by atoms with E-state index in [2.05, 4.69) is 13.8 Å². The van der Waals surface area contributed by atoms with Gasteiger partial charge in [0.2, 0.25) is 0 Å². The van der Waals surface area contributed by atoms with Crippen molar-refractivity contribution in [3.05, 3.63) is 0 Å². The zero-order valence-electron chi connectivity index (χ0n) is 6.39. The van der Waals surface area contributed by atoms with Gasteiger partial charge in [0.25, 0.3) is 0 Å². The van der Waals surface area contributed by atoms with Crippen LogP contribution in [0, 0.1) is 5.92 Å². The molecule has 1 fully saturated rings. The molecule has 0 amide bonds. The Bertz CT molecular complexity index is 76.6. The highest BCUT2D eigenvalue weighted by atomic mass is 16.6. The summed E-state index contributed by atoms with van der Waals surface area (Å²) in [5, 5.41) is 0. The standard InChI is InChI=1S/C8H16O/c1-3-7(2)4-5-8-6-9-8/h7-8H,3-6H2,1-2H3. The molecule has 1 aliphatic heterocycles. The minimum Gasteiger partial charge on any atom is -0.373 e. The largest absolute Gasteiger partial charge is 0.373 e. The molecule has 0 aromatic rings. The fourth-order valence-corrected chi connectivity index (χ4v) is 0.909. The van der Waals surface area contributed by atoms with E-state index in [9.17, 15) is 0 Å². The summed E-state index contributed by atoms with van der Waals surface area (Å²) in [6.07, 6.45) is 4.59. The predicted octanol–water partition coefficient (Wildman–Crippen LogP) is 2.21. The van der Waals surface area contributed by atoms with Crippen molar-refractivity contribution >= 4 is 0 Å². The van der Waals surface area contributed by atoms with E-state index in [0.717, 1.165) is 12.5 Å². The lowest BCUT2D eigenvalue weighted by atomic mass is 10.0. The van der Waals surface area contributed by atoms with Gasteiger partial charge in [0.1, 0.15) is 0 Å². The van der Waals surface area contributed by atoms with Gasteiger partial charge in [-0.1, -0.05) is 20.3 Å². The molecule has 1 heteroatoms. The van der Waals surface area contributed by atoms with Crippen LogP contribution in [0.3, 0.4) is 0 Å². The molecule has 1 nitrogen and oxygen atoms in total. The minimum atomic E-state index is 0.638. The third-order valence-corrected chi connectivity index (χ3v) is 2.08. The fraction of sp³-hybridized carbons (Fsp3) is 1.00. The Morgan fingerprint density at radius 3 is 2.78 bits per heavy atom. The monoisotopic (exact) mass is 128 g/mol. The number of hydrogen-bond donors (Lipinski definition) is 0. The van der Waals surface area contributed by atoms with Gasteiger partial charge < -0.3 is 4.74 Å². The normalized spacial score (nSPS) is 28.0. The first kappa shape index (κ1) is 7.07. The summed E-state index contributed by atoms with van der Waals surface area (Å²) < 4.78 is 5.10. The zero-order valence-corrected chi connectivity index (χ0v) is 6.39. The molecule has 2 unspecified atom stereocenters. The van der Waals surface area contributed by atoms with Crippen molar-refractivity contribution < 1.29 is 4.74 Å². The maximum Gasteiger partial charge on any atom is 0.0810 e. The summed E-state index contributed by atoms with van der Waals surface area (Å²) in [6.45, 7) is 5.58. The second kappa shape index (κ2) is 3.21. The summed E-state index contributed by atoms with van der Waals surface area (Å²) in [7, 11) is 0. The molecule has 0 bridgehead atoms. The average Bonchev–Trinajstić information content (AvgIpc) is 2.65. The van der Waals surface area contributed by atoms with Gasteiger partial charge in [0.15, 0.2) is 0 Å². The third-order valence-electron chi connectivity index (χ3n) is 2.08. The highest BCUT2D eigenvalue weighted by Gasteiger charge is 2.21. The Balaban J connectivity index is 1.90. The van der Waals surface area contributed by atoms with Gasteiger partial charge in [0, 0.05) is 0 Å². The average molecular weight is 128 g/mol. The summed E-state index contributed by atoms with van der Waals surface area (Å²) in [5.41, 5.74) is 0. The summed E-state index contributed by atoms with van der Waals surface area (Å²) in [6, 6.07) is 0. The number of ether oxygens (including phenoxy) is 1. The van der Waals surface area contributed by atoms with Crippen LogP contribution in [0.25, 0.3) is 0 Å². The second-order valence-electron chi connectivity index (χ2n) is 3.05. The first-order chi connectivity index (χ1) is 4.33. The SMILES string of the molecule is CCC(C)CCC1CO1. The van der Waals surface area contributed by atoms with Crippen LogP contribution in [-0.4, -0.2) is 12.7 Å². The lowest BCUT2D eigenvalue weighted by Crippen LogP contribution is -1.94. The molecule has 1 aliphatic rings. The van der Waals surface area contributed by atoms with Crippen LogP contribution in [-0.2, 0) is 4.74 Å². The first-order valence-corrected chi connectivity index (χ1v) is 3.94. The van der Waals surface area contributed by atoms with Crippen molar-refractivity contribution in [3.63, 3.8) is 0 Å². The molecule has 0 aromatic heterocycles. The lowest BCUT2D eigenvalue weighted by molar-refractivity contribution is 0.370. The molecule has 54 valence electrons. The molecular formula is C8H16O. The van der Waals surface area contributed by atoms with Crippen molar-refractivity contribution in [2.24, 2.45) is 5.92 Å². The highest BCUT2D eigenvalue weighted by Crippen LogP contribution is 2.19. The van der Waals surface area contributed by atoms with E-state index < -0.39 is 0 Å². The Morgan fingerprint density at radius 1 is 1.67 bits per heavy atom. The second-order valence-corrected chi connectivity index (χ2v) is 3.05. The van der Waals surface area contributed by atoms with E-state index in [1.54, 1.807) is 0 Å². The number of rotatable bonds is 4. The molecule has 9 heavy (non-hydrogen) atoms. The predicted molar refractivity (Wildman–Crippen MR) is 38.4 cm³/mol. The van der Waals surface area contributed by atoms with Gasteiger partial charge in [-0.15, -0.1) is 0 Å². The summed E-state index contributed by atoms with van der Waals surface area (Å²) in [5.74, 6) is 0.897. The summed E-state index contributed by atoms with van der Waals surface area (Å²) in [4.78, 5) is 0. The van der Waals surface area contributed by atoms with Gasteiger partial charge in [-0.3, -0.25) is 0 Å². The third kappa shape index (κ3) is 2.85. The molecule has 0 aliphatic carbocycles. The van der Waals surface area contributed by atoms with Crippen molar-refractivity contribution in [2.75, 3.05) is 6.61 Å². The molecular weight excluding hydrogens is 112 g/mol. The quantitative estimate of drug-likeness (QED) is 0.529. The molecule has 2 atom stereocenters. The Kier molecular flexibility index (Phi) is 2.52. The minimum absolute atomic E-state index is 0.638. The maximum absolute atomic E-state index is 5.10. The number of epoxide rings is 1. The highest BCUT2D eigenvalue weighted by molar-refractivity contribution is 4.69. The first-order valence-electron chi connectivity index (χ1n) is 3.94. The van der Waals surface area contributed by atoms with Gasteiger partial charge in [0.05, 0.1) is 12.7 Å². The molecule has 1 saturated heterocycles. The molecule has 0 spiro atoms. The zero-order chi connectivity index (χ0) is 6.69. The molecule has 0 radical (unpaired) electrons. The van der Waals surface area contributed by atoms with E-state index in [4.69, 9.17) is 4.74 Å². The van der Waals surface area contributed by atoms with Crippen LogP contribution in [0.1, 0.15) is 33.1 Å². The van der Waals surface area contributed by atoms with Crippen LogP contribution in [0.2, 0.25) is 0 Å². The van der Waals surface area contributed by atoms with E-state index in [0.29, 0.717) is 6.10 Å². The van der Waals surface area contributed by atoms with E-state index >= 15 is 0 Å². The number of hydrogen-bond acceptors (Lipinski definition) is 1. The van der Waals surface area contributed by atoms with Gasteiger partial charge in [-0.2, -0.15) is 0 Å². The van der Waals surface area contributed by atoms with Crippen LogP contribution in [0.4, 0.5) is 0 Å².